The fraction of sp³-hybridized carbons (Fsp3) is 0.923. The fourth-order valence-corrected chi connectivity index (χ4v) is 3.72. The third-order valence-corrected chi connectivity index (χ3v) is 4.90. The van der Waals surface area contributed by atoms with Gasteiger partial charge in [0, 0.05) is 31.1 Å². The van der Waals surface area contributed by atoms with Crippen molar-refractivity contribution in [3.63, 3.8) is 0 Å². The Morgan fingerprint density at radius 1 is 1.41 bits per heavy atom. The monoisotopic (exact) mass is 256 g/mol. The van der Waals surface area contributed by atoms with E-state index in [1.54, 1.807) is 0 Å². The summed E-state index contributed by atoms with van der Waals surface area (Å²) in [7, 11) is 0. The van der Waals surface area contributed by atoms with Crippen LogP contribution in [0.2, 0.25) is 0 Å². The average Bonchev–Trinajstić information content (AvgIpc) is 2.40. The Balaban J connectivity index is 1.77. The van der Waals surface area contributed by atoms with Gasteiger partial charge >= 0.3 is 0 Å². The minimum absolute atomic E-state index is 0.0801. The van der Waals surface area contributed by atoms with E-state index in [1.807, 2.05) is 11.8 Å². The number of carbonyl (C=O) groups excluding carboxylic acids is 1. The zero-order valence-electron chi connectivity index (χ0n) is 10.8. The van der Waals surface area contributed by atoms with Crippen molar-refractivity contribution in [1.29, 1.82) is 0 Å². The Hall–Kier alpha value is -0.220. The van der Waals surface area contributed by atoms with E-state index in [4.69, 9.17) is 0 Å². The van der Waals surface area contributed by atoms with Crippen molar-refractivity contribution in [3.8, 4) is 0 Å². The first-order valence-electron chi connectivity index (χ1n) is 6.91. The van der Waals surface area contributed by atoms with E-state index in [2.05, 4.69) is 17.1 Å². The maximum atomic E-state index is 12.3. The van der Waals surface area contributed by atoms with Crippen LogP contribution in [0.3, 0.4) is 0 Å². The molecule has 0 aromatic carbocycles. The Bertz CT molecular complexity index is 246. The number of carbonyl (C=O) groups is 1. The highest BCUT2D eigenvalue weighted by Gasteiger charge is 2.28. The van der Waals surface area contributed by atoms with E-state index < -0.39 is 0 Å². The summed E-state index contributed by atoms with van der Waals surface area (Å²) in [6, 6.07) is 0.0801. The molecule has 0 spiro atoms. The normalized spacial score (nSPS) is 27.1. The second-order valence-corrected chi connectivity index (χ2v) is 6.29. The van der Waals surface area contributed by atoms with Gasteiger partial charge in [0.15, 0.2) is 0 Å². The number of piperidine rings is 1. The molecule has 2 heterocycles. The molecule has 3 nitrogen and oxygen atoms in total. The summed E-state index contributed by atoms with van der Waals surface area (Å²) >= 11 is 1.89. The molecule has 1 atom stereocenters. The van der Waals surface area contributed by atoms with Crippen molar-refractivity contribution >= 4 is 17.7 Å². The molecule has 2 rings (SSSR count). The number of nitrogens with zero attached hydrogens (tertiary/aromatic N) is 1. The summed E-state index contributed by atoms with van der Waals surface area (Å²) in [5.74, 6) is 3.29. The zero-order valence-corrected chi connectivity index (χ0v) is 11.6. The lowest BCUT2D eigenvalue weighted by molar-refractivity contribution is -0.134. The molecule has 0 aliphatic carbocycles. The smallest absolute Gasteiger partial charge is 0.240 e. The summed E-state index contributed by atoms with van der Waals surface area (Å²) in [6.07, 6.45) is 5.03. The molecule has 0 saturated carbocycles. The van der Waals surface area contributed by atoms with Crippen molar-refractivity contribution in [2.75, 3.05) is 31.1 Å². The number of likely N-dealkylation sites (tertiary alicyclic amines) is 1. The van der Waals surface area contributed by atoms with Crippen LogP contribution >= 0.6 is 11.8 Å². The second kappa shape index (κ2) is 6.64. The van der Waals surface area contributed by atoms with Gasteiger partial charge < -0.3 is 10.2 Å². The molecule has 2 fully saturated rings. The Morgan fingerprint density at radius 2 is 2.18 bits per heavy atom. The van der Waals surface area contributed by atoms with Crippen LogP contribution in [0.15, 0.2) is 0 Å². The quantitative estimate of drug-likeness (QED) is 0.834. The second-order valence-electron chi connectivity index (χ2n) is 5.14. The van der Waals surface area contributed by atoms with Crippen LogP contribution in [0.25, 0.3) is 0 Å². The number of thioether (sulfide) groups is 1. The lowest BCUT2D eigenvalue weighted by atomic mass is 9.92. The maximum absolute atomic E-state index is 12.3. The fourth-order valence-electron chi connectivity index (χ4n) is 2.79. The summed E-state index contributed by atoms with van der Waals surface area (Å²) in [4.78, 5) is 14.3. The number of rotatable bonds is 3. The highest BCUT2D eigenvalue weighted by atomic mass is 32.2. The Morgan fingerprint density at radius 3 is 2.76 bits per heavy atom. The van der Waals surface area contributed by atoms with Gasteiger partial charge in [-0.15, -0.1) is 0 Å². The predicted octanol–water partition coefficient (Wildman–Crippen LogP) is 1.73. The topological polar surface area (TPSA) is 32.3 Å². The van der Waals surface area contributed by atoms with Crippen molar-refractivity contribution < 1.29 is 4.79 Å². The van der Waals surface area contributed by atoms with Crippen LogP contribution in [0.4, 0.5) is 0 Å². The molecule has 1 N–H and O–H groups in total. The first-order chi connectivity index (χ1) is 8.31. The highest BCUT2D eigenvalue weighted by molar-refractivity contribution is 7.99. The van der Waals surface area contributed by atoms with Gasteiger partial charge in [-0.05, 0) is 18.8 Å². The molecular weight excluding hydrogens is 232 g/mol. The molecule has 98 valence electrons. The standard InChI is InChI=1S/C13H24N2OS/c1-2-3-11-4-7-15(8-5-11)13(16)12-10-17-9-6-14-12/h11-12,14H,2-10H2,1H3. The van der Waals surface area contributed by atoms with Crippen LogP contribution in [0.1, 0.15) is 32.6 Å². The van der Waals surface area contributed by atoms with Gasteiger partial charge in [-0.1, -0.05) is 19.8 Å². The number of hydrogen-bond acceptors (Lipinski definition) is 3. The molecule has 1 unspecified atom stereocenters. The van der Waals surface area contributed by atoms with Crippen molar-refractivity contribution in [2.24, 2.45) is 5.92 Å². The largest absolute Gasteiger partial charge is 0.341 e. The molecule has 2 saturated heterocycles. The summed E-state index contributed by atoms with van der Waals surface area (Å²) in [6.45, 7) is 5.19. The Labute approximate surface area is 109 Å². The van der Waals surface area contributed by atoms with E-state index in [0.29, 0.717) is 5.91 Å². The maximum Gasteiger partial charge on any atom is 0.240 e. The average molecular weight is 256 g/mol. The molecule has 0 bridgehead atoms. The lowest BCUT2D eigenvalue weighted by Gasteiger charge is -2.35. The van der Waals surface area contributed by atoms with Crippen LogP contribution in [-0.4, -0.2) is 48.0 Å². The van der Waals surface area contributed by atoms with E-state index in [-0.39, 0.29) is 6.04 Å². The number of hydrogen-bond donors (Lipinski definition) is 1. The third kappa shape index (κ3) is 3.62. The number of amides is 1. The molecule has 0 aromatic heterocycles. The van der Waals surface area contributed by atoms with E-state index in [0.717, 1.165) is 37.1 Å². The van der Waals surface area contributed by atoms with Crippen LogP contribution < -0.4 is 5.32 Å². The molecule has 4 heteroatoms. The van der Waals surface area contributed by atoms with Gasteiger partial charge in [0.2, 0.25) is 5.91 Å². The van der Waals surface area contributed by atoms with Gasteiger partial charge in [0.1, 0.15) is 0 Å². The zero-order chi connectivity index (χ0) is 12.1. The minimum Gasteiger partial charge on any atom is -0.341 e. The van der Waals surface area contributed by atoms with Crippen LogP contribution in [0, 0.1) is 5.92 Å². The molecule has 2 aliphatic heterocycles. The molecule has 0 radical (unpaired) electrons. The molecule has 0 aromatic rings. The summed E-state index contributed by atoms with van der Waals surface area (Å²) in [5.41, 5.74) is 0. The third-order valence-electron chi connectivity index (χ3n) is 3.84. The van der Waals surface area contributed by atoms with Gasteiger partial charge in [0.05, 0.1) is 6.04 Å². The van der Waals surface area contributed by atoms with Crippen molar-refractivity contribution in [2.45, 2.75) is 38.6 Å². The predicted molar refractivity (Wildman–Crippen MR) is 73.3 cm³/mol. The lowest BCUT2D eigenvalue weighted by Crippen LogP contribution is -2.52. The highest BCUT2D eigenvalue weighted by Crippen LogP contribution is 2.22. The molecular formula is C13H24N2OS. The van der Waals surface area contributed by atoms with Gasteiger partial charge in [-0.2, -0.15) is 11.8 Å². The molecule has 1 amide bonds. The first kappa shape index (κ1) is 13.2. The van der Waals surface area contributed by atoms with Gasteiger partial charge in [-0.25, -0.2) is 0 Å². The number of nitrogens with one attached hydrogen (secondary N) is 1. The van der Waals surface area contributed by atoms with E-state index in [9.17, 15) is 4.79 Å². The summed E-state index contributed by atoms with van der Waals surface area (Å²) < 4.78 is 0. The molecule has 2 aliphatic rings. The minimum atomic E-state index is 0.0801. The summed E-state index contributed by atoms with van der Waals surface area (Å²) in [5, 5.41) is 3.34. The van der Waals surface area contributed by atoms with E-state index in [1.165, 1.54) is 25.7 Å². The van der Waals surface area contributed by atoms with Crippen LogP contribution in [0.5, 0.6) is 0 Å². The Kier molecular flexibility index (Phi) is 5.16. The van der Waals surface area contributed by atoms with Crippen molar-refractivity contribution in [3.05, 3.63) is 0 Å². The van der Waals surface area contributed by atoms with Gasteiger partial charge in [0.25, 0.3) is 0 Å². The SMILES string of the molecule is CCCC1CCN(C(=O)C2CSCCN2)CC1. The van der Waals surface area contributed by atoms with Crippen molar-refractivity contribution in [1.82, 2.24) is 10.2 Å². The van der Waals surface area contributed by atoms with Crippen LogP contribution in [-0.2, 0) is 4.79 Å². The first-order valence-corrected chi connectivity index (χ1v) is 8.06. The van der Waals surface area contributed by atoms with E-state index >= 15 is 0 Å². The van der Waals surface area contributed by atoms with Gasteiger partial charge in [-0.3, -0.25) is 4.79 Å². The molecule has 17 heavy (non-hydrogen) atoms.